The highest BCUT2D eigenvalue weighted by Gasteiger charge is 2.28. The van der Waals surface area contributed by atoms with Crippen LogP contribution in [0, 0.1) is 0 Å². The minimum absolute atomic E-state index is 0.303. The van der Waals surface area contributed by atoms with Crippen LogP contribution in [0.3, 0.4) is 0 Å². The van der Waals surface area contributed by atoms with Gasteiger partial charge in [-0.25, -0.2) is 0 Å². The van der Waals surface area contributed by atoms with Crippen LogP contribution in [-0.2, 0) is 9.53 Å². The number of methoxy groups -OCH3 is 1. The molecule has 1 atom stereocenters. The molecule has 4 heteroatoms. The Labute approximate surface area is 115 Å². The highest BCUT2D eigenvalue weighted by Crippen LogP contribution is 2.29. The fraction of sp³-hybridized carbons (Fsp3) is 0.929. The second-order valence-corrected chi connectivity index (χ2v) is 6.91. The Morgan fingerprint density at radius 3 is 2.61 bits per heavy atom. The van der Waals surface area contributed by atoms with Gasteiger partial charge in [0.05, 0.1) is 7.11 Å². The van der Waals surface area contributed by atoms with Gasteiger partial charge in [-0.05, 0) is 38.4 Å². The SMILES string of the molecule is COC(=O)C(C)(N)CCCCSC1CCCCC1. The molecule has 0 radical (unpaired) electrons. The number of unbranched alkanes of at least 4 members (excludes halogenated alkanes) is 1. The average molecular weight is 273 g/mol. The maximum atomic E-state index is 11.4. The number of nitrogens with two attached hydrogens (primary N) is 1. The highest BCUT2D eigenvalue weighted by molar-refractivity contribution is 7.99. The van der Waals surface area contributed by atoms with Crippen molar-refractivity contribution in [3.05, 3.63) is 0 Å². The molecule has 106 valence electrons. The van der Waals surface area contributed by atoms with E-state index >= 15 is 0 Å². The Morgan fingerprint density at radius 1 is 1.33 bits per heavy atom. The predicted molar refractivity (Wildman–Crippen MR) is 77.8 cm³/mol. The van der Waals surface area contributed by atoms with Gasteiger partial charge in [-0.2, -0.15) is 11.8 Å². The third kappa shape index (κ3) is 5.61. The molecule has 0 spiro atoms. The molecule has 0 bridgehead atoms. The molecular formula is C14H27NO2S. The van der Waals surface area contributed by atoms with Crippen LogP contribution in [0.15, 0.2) is 0 Å². The monoisotopic (exact) mass is 273 g/mol. The fourth-order valence-corrected chi connectivity index (χ4v) is 3.78. The van der Waals surface area contributed by atoms with Gasteiger partial charge in [0.2, 0.25) is 0 Å². The molecule has 18 heavy (non-hydrogen) atoms. The molecule has 1 saturated carbocycles. The van der Waals surface area contributed by atoms with Crippen LogP contribution in [0.2, 0.25) is 0 Å². The molecule has 1 aliphatic carbocycles. The summed E-state index contributed by atoms with van der Waals surface area (Å²) in [5, 5.41) is 0.878. The Hall–Kier alpha value is -0.220. The second kappa shape index (κ2) is 8.05. The molecule has 0 heterocycles. The second-order valence-electron chi connectivity index (χ2n) is 5.50. The van der Waals surface area contributed by atoms with E-state index in [2.05, 4.69) is 11.8 Å². The van der Waals surface area contributed by atoms with Crippen molar-refractivity contribution < 1.29 is 9.53 Å². The van der Waals surface area contributed by atoms with Crippen molar-refractivity contribution in [1.82, 2.24) is 0 Å². The van der Waals surface area contributed by atoms with Crippen molar-refractivity contribution in [3.63, 3.8) is 0 Å². The Bertz CT molecular complexity index is 250. The molecule has 0 saturated heterocycles. The molecule has 1 fully saturated rings. The third-order valence-corrected chi connectivity index (χ3v) is 5.12. The van der Waals surface area contributed by atoms with Crippen LogP contribution >= 0.6 is 11.8 Å². The van der Waals surface area contributed by atoms with E-state index < -0.39 is 5.54 Å². The Balaban J connectivity index is 2.05. The average Bonchev–Trinajstić information content (AvgIpc) is 2.38. The third-order valence-electron chi connectivity index (χ3n) is 3.65. The summed E-state index contributed by atoms with van der Waals surface area (Å²) in [7, 11) is 1.40. The minimum Gasteiger partial charge on any atom is -0.468 e. The van der Waals surface area contributed by atoms with Gasteiger partial charge >= 0.3 is 5.97 Å². The first-order valence-electron chi connectivity index (χ1n) is 7.05. The number of rotatable bonds is 7. The maximum Gasteiger partial charge on any atom is 0.325 e. The predicted octanol–water partition coefficient (Wildman–Crippen LogP) is 3.11. The lowest BCUT2D eigenvalue weighted by atomic mass is 9.97. The standard InChI is InChI=1S/C14H27NO2S/c1-14(15,13(16)17-2)10-6-7-11-18-12-8-4-3-5-9-12/h12H,3-11,15H2,1-2H3. The molecular weight excluding hydrogens is 246 g/mol. The topological polar surface area (TPSA) is 52.3 Å². The van der Waals surface area contributed by atoms with Crippen LogP contribution < -0.4 is 5.73 Å². The van der Waals surface area contributed by atoms with Crippen LogP contribution in [0.4, 0.5) is 0 Å². The summed E-state index contributed by atoms with van der Waals surface area (Å²) in [6.07, 6.45) is 9.87. The van der Waals surface area contributed by atoms with E-state index in [0.29, 0.717) is 6.42 Å². The number of ether oxygens (including phenoxy) is 1. The van der Waals surface area contributed by atoms with Crippen molar-refractivity contribution in [2.24, 2.45) is 5.73 Å². The molecule has 0 aromatic carbocycles. The zero-order valence-corrected chi connectivity index (χ0v) is 12.6. The van der Waals surface area contributed by atoms with E-state index in [1.165, 1.54) is 45.0 Å². The molecule has 1 unspecified atom stereocenters. The number of esters is 1. The summed E-state index contributed by atoms with van der Waals surface area (Å²) < 4.78 is 4.70. The zero-order chi connectivity index (χ0) is 13.4. The number of hydrogen-bond acceptors (Lipinski definition) is 4. The summed E-state index contributed by atoms with van der Waals surface area (Å²) >= 11 is 2.11. The molecule has 3 nitrogen and oxygen atoms in total. The van der Waals surface area contributed by atoms with Crippen molar-refractivity contribution in [2.75, 3.05) is 12.9 Å². The smallest absolute Gasteiger partial charge is 0.325 e. The van der Waals surface area contributed by atoms with Gasteiger partial charge in [0.1, 0.15) is 5.54 Å². The summed E-state index contributed by atoms with van der Waals surface area (Å²) in [5.74, 6) is 0.893. The summed E-state index contributed by atoms with van der Waals surface area (Å²) in [5.41, 5.74) is 5.10. The van der Waals surface area contributed by atoms with E-state index in [1.54, 1.807) is 6.92 Å². The summed E-state index contributed by atoms with van der Waals surface area (Å²) in [6.45, 7) is 1.76. The van der Waals surface area contributed by atoms with Crippen molar-refractivity contribution in [2.45, 2.75) is 69.1 Å². The van der Waals surface area contributed by atoms with E-state index in [1.807, 2.05) is 0 Å². The largest absolute Gasteiger partial charge is 0.468 e. The molecule has 0 aliphatic heterocycles. The number of hydrogen-bond donors (Lipinski definition) is 1. The molecule has 2 N–H and O–H groups in total. The lowest BCUT2D eigenvalue weighted by Crippen LogP contribution is -2.45. The first-order valence-corrected chi connectivity index (χ1v) is 8.10. The molecule has 0 aromatic heterocycles. The normalized spacial score (nSPS) is 20.4. The van der Waals surface area contributed by atoms with Crippen LogP contribution in [0.25, 0.3) is 0 Å². The molecule has 0 amide bonds. The number of carbonyl (C=O) groups excluding carboxylic acids is 1. The van der Waals surface area contributed by atoms with Gasteiger partial charge in [-0.1, -0.05) is 25.7 Å². The van der Waals surface area contributed by atoms with Crippen molar-refractivity contribution in [1.29, 1.82) is 0 Å². The van der Waals surface area contributed by atoms with Gasteiger partial charge in [0.15, 0.2) is 0 Å². The number of carbonyl (C=O) groups is 1. The summed E-state index contributed by atoms with van der Waals surface area (Å²) in [4.78, 5) is 11.4. The van der Waals surface area contributed by atoms with E-state index in [0.717, 1.165) is 18.1 Å². The van der Waals surface area contributed by atoms with E-state index in [4.69, 9.17) is 10.5 Å². The van der Waals surface area contributed by atoms with Crippen LogP contribution in [-0.4, -0.2) is 29.6 Å². The van der Waals surface area contributed by atoms with E-state index in [-0.39, 0.29) is 5.97 Å². The van der Waals surface area contributed by atoms with Gasteiger partial charge < -0.3 is 10.5 Å². The first-order chi connectivity index (χ1) is 8.56. The fourth-order valence-electron chi connectivity index (χ4n) is 2.41. The Kier molecular flexibility index (Phi) is 7.08. The van der Waals surface area contributed by atoms with Gasteiger partial charge in [0, 0.05) is 5.25 Å². The maximum absolute atomic E-state index is 11.4. The molecule has 0 aromatic rings. The van der Waals surface area contributed by atoms with Crippen molar-refractivity contribution >= 4 is 17.7 Å². The lowest BCUT2D eigenvalue weighted by molar-refractivity contribution is -0.146. The first kappa shape index (κ1) is 15.8. The van der Waals surface area contributed by atoms with E-state index in [9.17, 15) is 4.79 Å². The van der Waals surface area contributed by atoms with Crippen LogP contribution in [0.1, 0.15) is 58.3 Å². The lowest BCUT2D eigenvalue weighted by Gasteiger charge is -2.22. The molecule has 1 aliphatic rings. The Morgan fingerprint density at radius 2 is 2.00 bits per heavy atom. The number of thioether (sulfide) groups is 1. The highest BCUT2D eigenvalue weighted by atomic mass is 32.2. The van der Waals surface area contributed by atoms with Crippen LogP contribution in [0.5, 0.6) is 0 Å². The van der Waals surface area contributed by atoms with Crippen molar-refractivity contribution in [3.8, 4) is 0 Å². The minimum atomic E-state index is -0.815. The van der Waals surface area contributed by atoms with Gasteiger partial charge in [0.25, 0.3) is 0 Å². The van der Waals surface area contributed by atoms with Gasteiger partial charge in [-0.3, -0.25) is 4.79 Å². The molecule has 1 rings (SSSR count). The van der Waals surface area contributed by atoms with Gasteiger partial charge in [-0.15, -0.1) is 0 Å². The quantitative estimate of drug-likeness (QED) is 0.572. The summed E-state index contributed by atoms with van der Waals surface area (Å²) in [6, 6.07) is 0. The zero-order valence-electron chi connectivity index (χ0n) is 11.7.